The molecule has 1 heterocycles. The molecule has 19 heavy (non-hydrogen) atoms. The number of rotatable bonds is 3. The van der Waals surface area contributed by atoms with Gasteiger partial charge in [0.05, 0.1) is 11.4 Å². The number of nitrogens with zero attached hydrogens (tertiary/aromatic N) is 4. The molecule has 0 spiro atoms. The molecule has 0 unspecified atom stereocenters. The Hall–Kier alpha value is -2.18. The minimum Gasteiger partial charge on any atom is -0.386 e. The summed E-state index contributed by atoms with van der Waals surface area (Å²) < 4.78 is 16.2. The molecule has 6 nitrogen and oxygen atoms in total. The van der Waals surface area contributed by atoms with Gasteiger partial charge in [0.25, 0.3) is 0 Å². The summed E-state index contributed by atoms with van der Waals surface area (Å²) in [5.41, 5.74) is 1.43. The van der Waals surface area contributed by atoms with Gasteiger partial charge in [0.2, 0.25) is 0 Å². The quantitative estimate of drug-likeness (QED) is 0.898. The summed E-state index contributed by atoms with van der Waals surface area (Å²) in [6.07, 6.45) is 2.03. The van der Waals surface area contributed by atoms with E-state index in [1.54, 1.807) is 13.1 Å². The van der Waals surface area contributed by atoms with Gasteiger partial charge < -0.3 is 5.32 Å². The third-order valence-electron chi connectivity index (χ3n) is 3.35. The topological polar surface area (TPSA) is 64.7 Å². The molecule has 0 amide bonds. The van der Waals surface area contributed by atoms with Crippen LogP contribution < -0.4 is 11.0 Å². The van der Waals surface area contributed by atoms with Gasteiger partial charge in [0.15, 0.2) is 0 Å². The largest absolute Gasteiger partial charge is 0.386 e. The van der Waals surface area contributed by atoms with Gasteiger partial charge in [-0.15, -0.1) is 0 Å². The Morgan fingerprint density at radius 1 is 1.37 bits per heavy atom. The molecule has 0 radical (unpaired) electrons. The first kappa shape index (κ1) is 11.9. The van der Waals surface area contributed by atoms with Crippen molar-refractivity contribution in [3.63, 3.8) is 0 Å². The SMILES string of the molecule is CNc1cc(-n2nnn(C)c2=O)c(C2CC2)cc1F. The maximum absolute atomic E-state index is 13.8. The Morgan fingerprint density at radius 3 is 2.63 bits per heavy atom. The van der Waals surface area contributed by atoms with Gasteiger partial charge in [0.1, 0.15) is 5.82 Å². The van der Waals surface area contributed by atoms with E-state index in [9.17, 15) is 9.18 Å². The molecule has 1 fully saturated rings. The van der Waals surface area contributed by atoms with Gasteiger partial charge in [-0.2, -0.15) is 9.36 Å². The van der Waals surface area contributed by atoms with Crippen LogP contribution in [-0.2, 0) is 7.05 Å². The van der Waals surface area contributed by atoms with Crippen LogP contribution in [0.4, 0.5) is 10.1 Å². The Balaban J connectivity index is 2.23. The Morgan fingerprint density at radius 2 is 2.11 bits per heavy atom. The van der Waals surface area contributed by atoms with Crippen molar-refractivity contribution in [3.8, 4) is 5.69 Å². The molecule has 1 aliphatic rings. The van der Waals surface area contributed by atoms with Gasteiger partial charge >= 0.3 is 5.69 Å². The average Bonchev–Trinajstić information content (AvgIpc) is 3.18. The van der Waals surface area contributed by atoms with Crippen LogP contribution in [0.1, 0.15) is 24.3 Å². The van der Waals surface area contributed by atoms with Crippen molar-refractivity contribution in [1.82, 2.24) is 19.8 Å². The van der Waals surface area contributed by atoms with E-state index in [1.807, 2.05) is 0 Å². The second kappa shape index (κ2) is 4.18. The highest BCUT2D eigenvalue weighted by Crippen LogP contribution is 2.43. The average molecular weight is 263 g/mol. The molecular formula is C12H14FN5O. The van der Waals surface area contributed by atoms with E-state index in [2.05, 4.69) is 15.7 Å². The van der Waals surface area contributed by atoms with E-state index in [0.717, 1.165) is 23.1 Å². The first-order valence-corrected chi connectivity index (χ1v) is 6.12. The van der Waals surface area contributed by atoms with Crippen LogP contribution in [0.3, 0.4) is 0 Å². The van der Waals surface area contributed by atoms with E-state index >= 15 is 0 Å². The number of tetrazole rings is 1. The Bertz CT molecular complexity index is 686. The third kappa shape index (κ3) is 1.91. The number of anilines is 1. The molecule has 1 saturated carbocycles. The van der Waals surface area contributed by atoms with Crippen molar-refractivity contribution in [2.45, 2.75) is 18.8 Å². The number of aromatic nitrogens is 4. The lowest BCUT2D eigenvalue weighted by Gasteiger charge is -2.11. The number of benzene rings is 1. The minimum atomic E-state index is -0.337. The molecule has 0 atom stereocenters. The van der Waals surface area contributed by atoms with Gasteiger partial charge in [0, 0.05) is 14.1 Å². The zero-order chi connectivity index (χ0) is 13.6. The van der Waals surface area contributed by atoms with Crippen molar-refractivity contribution in [3.05, 3.63) is 34.0 Å². The van der Waals surface area contributed by atoms with E-state index in [0.29, 0.717) is 17.3 Å². The molecule has 1 N–H and O–H groups in total. The van der Waals surface area contributed by atoms with E-state index < -0.39 is 0 Å². The summed E-state index contributed by atoms with van der Waals surface area (Å²) in [7, 11) is 3.17. The lowest BCUT2D eigenvalue weighted by atomic mass is 10.1. The van der Waals surface area contributed by atoms with Crippen molar-refractivity contribution in [2.75, 3.05) is 12.4 Å². The first-order valence-electron chi connectivity index (χ1n) is 6.12. The minimum absolute atomic E-state index is 0.310. The molecule has 1 aromatic carbocycles. The second-order valence-corrected chi connectivity index (χ2v) is 4.71. The van der Waals surface area contributed by atoms with Gasteiger partial charge in [-0.3, -0.25) is 0 Å². The fourth-order valence-electron chi connectivity index (χ4n) is 2.14. The normalized spacial score (nSPS) is 14.7. The fourth-order valence-corrected chi connectivity index (χ4v) is 2.14. The van der Waals surface area contributed by atoms with Crippen LogP contribution in [0.2, 0.25) is 0 Å². The van der Waals surface area contributed by atoms with Crippen LogP contribution in [0.25, 0.3) is 5.69 Å². The molecule has 3 rings (SSSR count). The zero-order valence-corrected chi connectivity index (χ0v) is 10.7. The predicted octanol–water partition coefficient (Wildman–Crippen LogP) is 1.02. The number of hydrogen-bond acceptors (Lipinski definition) is 4. The number of aryl methyl sites for hydroxylation is 1. The highest BCUT2D eigenvalue weighted by molar-refractivity contribution is 5.57. The lowest BCUT2D eigenvalue weighted by Crippen LogP contribution is -2.23. The summed E-state index contributed by atoms with van der Waals surface area (Å²) in [5.74, 6) is -0.00518. The van der Waals surface area contributed by atoms with E-state index in [4.69, 9.17) is 0 Å². The van der Waals surface area contributed by atoms with Gasteiger partial charge in [-0.05, 0) is 46.9 Å². The zero-order valence-electron chi connectivity index (χ0n) is 10.7. The van der Waals surface area contributed by atoms with Crippen molar-refractivity contribution < 1.29 is 4.39 Å². The second-order valence-electron chi connectivity index (χ2n) is 4.71. The van der Waals surface area contributed by atoms with Crippen LogP contribution in [0.15, 0.2) is 16.9 Å². The molecule has 1 aromatic heterocycles. The first-order chi connectivity index (χ1) is 9.11. The monoisotopic (exact) mass is 263 g/mol. The standard InChI is InChI=1S/C12H14FN5O/c1-14-10-6-11(18-12(19)17(2)15-16-18)8(5-9(10)13)7-3-4-7/h5-7,14H,3-4H2,1-2H3. The number of hydrogen-bond donors (Lipinski definition) is 1. The predicted molar refractivity (Wildman–Crippen MR) is 68.1 cm³/mol. The number of nitrogens with one attached hydrogen (secondary N) is 1. The summed E-state index contributed by atoms with van der Waals surface area (Å²) in [5, 5.41) is 10.3. The summed E-state index contributed by atoms with van der Waals surface area (Å²) >= 11 is 0. The van der Waals surface area contributed by atoms with Crippen LogP contribution in [-0.4, -0.2) is 26.8 Å². The van der Waals surface area contributed by atoms with Crippen LogP contribution >= 0.6 is 0 Å². The molecule has 7 heteroatoms. The molecule has 100 valence electrons. The molecule has 0 aliphatic heterocycles. The highest BCUT2D eigenvalue weighted by atomic mass is 19.1. The summed E-state index contributed by atoms with van der Waals surface area (Å²) in [6, 6.07) is 3.10. The summed E-state index contributed by atoms with van der Waals surface area (Å²) in [6.45, 7) is 0. The van der Waals surface area contributed by atoms with Gasteiger partial charge in [-0.1, -0.05) is 0 Å². The fraction of sp³-hybridized carbons (Fsp3) is 0.417. The highest BCUT2D eigenvalue weighted by Gasteiger charge is 2.29. The lowest BCUT2D eigenvalue weighted by molar-refractivity contribution is 0.627. The maximum atomic E-state index is 13.8. The third-order valence-corrected chi connectivity index (χ3v) is 3.35. The smallest absolute Gasteiger partial charge is 0.368 e. The Kier molecular flexibility index (Phi) is 2.62. The molecule has 0 bridgehead atoms. The van der Waals surface area contributed by atoms with Crippen molar-refractivity contribution in [2.24, 2.45) is 7.05 Å². The molecular weight excluding hydrogens is 249 g/mol. The van der Waals surface area contributed by atoms with Crippen molar-refractivity contribution >= 4 is 5.69 Å². The molecule has 1 aliphatic carbocycles. The van der Waals surface area contributed by atoms with Crippen LogP contribution in [0.5, 0.6) is 0 Å². The van der Waals surface area contributed by atoms with Gasteiger partial charge in [-0.25, -0.2) is 9.18 Å². The molecule has 2 aromatic rings. The van der Waals surface area contributed by atoms with Crippen molar-refractivity contribution in [1.29, 1.82) is 0 Å². The maximum Gasteiger partial charge on any atom is 0.368 e. The number of halogens is 1. The molecule has 0 saturated heterocycles. The van der Waals surface area contributed by atoms with E-state index in [-0.39, 0.29) is 11.5 Å². The summed E-state index contributed by atoms with van der Waals surface area (Å²) in [4.78, 5) is 11.9. The van der Waals surface area contributed by atoms with Crippen LogP contribution in [0, 0.1) is 5.82 Å². The Labute approximate surface area is 108 Å². The van der Waals surface area contributed by atoms with E-state index in [1.165, 1.54) is 17.8 Å².